The van der Waals surface area contributed by atoms with Gasteiger partial charge in [0.05, 0.1) is 24.6 Å². The Hall–Kier alpha value is -3.51. The van der Waals surface area contributed by atoms with Gasteiger partial charge in [-0.1, -0.05) is 24.8 Å². The van der Waals surface area contributed by atoms with E-state index in [1.54, 1.807) is 35.4 Å². The van der Waals surface area contributed by atoms with Crippen LogP contribution in [-0.4, -0.2) is 51.2 Å². The third kappa shape index (κ3) is 6.23. The Balaban J connectivity index is 1.56. The summed E-state index contributed by atoms with van der Waals surface area (Å²) >= 11 is 0. The van der Waals surface area contributed by atoms with Crippen molar-refractivity contribution in [2.24, 2.45) is 5.92 Å². The summed E-state index contributed by atoms with van der Waals surface area (Å²) in [6, 6.07) is 2.42. The van der Waals surface area contributed by atoms with Gasteiger partial charge in [-0.3, -0.25) is 9.36 Å². The van der Waals surface area contributed by atoms with Crippen LogP contribution in [-0.2, 0) is 4.74 Å². The number of aromatic nitrogens is 4. The molecule has 3 heterocycles. The number of imidazole rings is 1. The molecule has 3 rings (SSSR count). The topological polar surface area (TPSA) is 118 Å². The van der Waals surface area contributed by atoms with E-state index < -0.39 is 0 Å². The highest BCUT2D eigenvalue weighted by Gasteiger charge is 2.17. The number of carbonyl (C=O) groups excluding carboxylic acids is 1. The lowest BCUT2D eigenvalue weighted by molar-refractivity contribution is 0.0948. The molecule has 2 aromatic heterocycles. The maximum absolute atomic E-state index is 12.4. The van der Waals surface area contributed by atoms with Gasteiger partial charge in [-0.2, -0.15) is 10.2 Å². The van der Waals surface area contributed by atoms with E-state index in [2.05, 4.69) is 38.2 Å². The molecule has 1 aliphatic rings. The van der Waals surface area contributed by atoms with E-state index in [1.165, 1.54) is 0 Å². The first kappa shape index (κ1) is 22.2. The number of amides is 1. The van der Waals surface area contributed by atoms with Gasteiger partial charge in [0.1, 0.15) is 17.8 Å². The number of nitrogens with zero attached hydrogens (tertiary/aromatic N) is 5. The molecule has 1 fully saturated rings. The van der Waals surface area contributed by atoms with Crippen LogP contribution in [0.5, 0.6) is 0 Å². The lowest BCUT2D eigenvalue weighted by Gasteiger charge is -2.12. The molecule has 2 N–H and O–H groups in total. The number of aryl methyl sites for hydroxylation is 1. The number of allylic oxidation sites excluding steroid dienone is 3. The van der Waals surface area contributed by atoms with Crippen molar-refractivity contribution in [2.75, 3.05) is 25.1 Å². The van der Waals surface area contributed by atoms with Crippen LogP contribution in [0, 0.1) is 24.2 Å². The molecule has 1 aliphatic heterocycles. The smallest absolute Gasteiger partial charge is 0.271 e. The second-order valence-electron chi connectivity index (χ2n) is 7.33. The summed E-state index contributed by atoms with van der Waals surface area (Å²) in [6.45, 7) is 7.35. The maximum Gasteiger partial charge on any atom is 0.271 e. The minimum atomic E-state index is -0.262. The van der Waals surface area contributed by atoms with Gasteiger partial charge in [0.25, 0.3) is 5.91 Å². The van der Waals surface area contributed by atoms with Gasteiger partial charge in [-0.25, -0.2) is 9.97 Å². The first-order valence-electron chi connectivity index (χ1n) is 10.3. The number of anilines is 1. The molecular formula is C22H27N7O2. The fourth-order valence-corrected chi connectivity index (χ4v) is 3.18. The molecule has 1 unspecified atom stereocenters. The normalized spacial score (nSPS) is 16.7. The number of carbonyl (C=O) groups is 1. The standard InChI is InChI=1S/C22H27N7O2/c1-3-4-6-17(11-23)7-5-9-24-21(30)19-13-29(15-26-19)20-16(2)12-25-22(28-20)27-18-8-10-31-14-18/h3-4,6,12-13,15,17-18H,1,5,7-10,14H2,2H3,(H,24,30)(H,25,27,28)/b6-4-/t17?,18-/m0/s1. The summed E-state index contributed by atoms with van der Waals surface area (Å²) in [5.74, 6) is 0.734. The summed E-state index contributed by atoms with van der Waals surface area (Å²) in [7, 11) is 0. The summed E-state index contributed by atoms with van der Waals surface area (Å²) < 4.78 is 7.09. The van der Waals surface area contributed by atoms with Crippen LogP contribution in [0.2, 0.25) is 0 Å². The molecule has 31 heavy (non-hydrogen) atoms. The molecule has 9 heteroatoms. The third-order valence-corrected chi connectivity index (χ3v) is 4.89. The van der Waals surface area contributed by atoms with E-state index in [0.29, 0.717) is 43.5 Å². The van der Waals surface area contributed by atoms with Crippen LogP contribution < -0.4 is 10.6 Å². The van der Waals surface area contributed by atoms with Crippen LogP contribution in [0.3, 0.4) is 0 Å². The van der Waals surface area contributed by atoms with Crippen molar-refractivity contribution < 1.29 is 9.53 Å². The van der Waals surface area contributed by atoms with Crippen LogP contribution >= 0.6 is 0 Å². The van der Waals surface area contributed by atoms with E-state index in [4.69, 9.17) is 10.00 Å². The lowest BCUT2D eigenvalue weighted by atomic mass is 10.0. The molecule has 2 aromatic rings. The van der Waals surface area contributed by atoms with Crippen LogP contribution in [0.1, 0.15) is 35.3 Å². The lowest BCUT2D eigenvalue weighted by Crippen LogP contribution is -2.25. The molecule has 0 aliphatic carbocycles. The van der Waals surface area contributed by atoms with Gasteiger partial charge in [0, 0.05) is 31.1 Å². The fraction of sp³-hybridized carbons (Fsp3) is 0.409. The number of hydrogen-bond acceptors (Lipinski definition) is 7. The van der Waals surface area contributed by atoms with E-state index in [-0.39, 0.29) is 17.9 Å². The molecule has 9 nitrogen and oxygen atoms in total. The highest BCUT2D eigenvalue weighted by atomic mass is 16.5. The zero-order valence-electron chi connectivity index (χ0n) is 17.6. The number of ether oxygens (including phenoxy) is 1. The zero-order chi connectivity index (χ0) is 22.1. The molecule has 162 valence electrons. The summed E-state index contributed by atoms with van der Waals surface area (Å²) in [4.78, 5) is 25.5. The maximum atomic E-state index is 12.4. The molecule has 0 bridgehead atoms. The van der Waals surface area contributed by atoms with Gasteiger partial charge in [-0.05, 0) is 26.2 Å². The Morgan fingerprint density at radius 2 is 2.39 bits per heavy atom. The van der Waals surface area contributed by atoms with E-state index in [1.807, 2.05) is 13.0 Å². The molecule has 2 atom stereocenters. The third-order valence-electron chi connectivity index (χ3n) is 4.89. The average Bonchev–Trinajstić information content (AvgIpc) is 3.47. The number of nitriles is 1. The van der Waals surface area contributed by atoms with Crippen molar-refractivity contribution in [3.8, 4) is 11.9 Å². The summed E-state index contributed by atoms with van der Waals surface area (Å²) in [5.41, 5.74) is 1.17. The van der Waals surface area contributed by atoms with Gasteiger partial charge < -0.3 is 15.4 Å². The Morgan fingerprint density at radius 1 is 1.52 bits per heavy atom. The molecule has 0 aromatic carbocycles. The largest absolute Gasteiger partial charge is 0.379 e. The van der Waals surface area contributed by atoms with Gasteiger partial charge >= 0.3 is 0 Å². The predicted octanol–water partition coefficient (Wildman–Crippen LogP) is 2.56. The first-order valence-corrected chi connectivity index (χ1v) is 10.3. The molecule has 0 spiro atoms. The predicted molar refractivity (Wildman–Crippen MR) is 117 cm³/mol. The molecule has 0 radical (unpaired) electrons. The first-order chi connectivity index (χ1) is 15.1. The van der Waals surface area contributed by atoms with Crippen molar-refractivity contribution in [2.45, 2.75) is 32.2 Å². The minimum Gasteiger partial charge on any atom is -0.379 e. The SMILES string of the molecule is C=C/C=C\C(C#N)CCCNC(=O)c1cn(-c2nc(N[C@H]3CCOC3)ncc2C)cn1. The Kier molecular flexibility index (Phi) is 7.90. The van der Waals surface area contributed by atoms with Crippen molar-refractivity contribution >= 4 is 11.9 Å². The summed E-state index contributed by atoms with van der Waals surface area (Å²) in [6.07, 6.45) is 12.4. The van der Waals surface area contributed by atoms with Crippen molar-refractivity contribution in [3.05, 3.63) is 54.8 Å². The van der Waals surface area contributed by atoms with Gasteiger partial charge in [0.2, 0.25) is 5.95 Å². The Bertz CT molecular complexity index is 970. The number of rotatable bonds is 10. The summed E-state index contributed by atoms with van der Waals surface area (Å²) in [5, 5.41) is 15.2. The van der Waals surface area contributed by atoms with Gasteiger partial charge in [-0.15, -0.1) is 0 Å². The second-order valence-corrected chi connectivity index (χ2v) is 7.33. The number of nitrogens with one attached hydrogen (secondary N) is 2. The Labute approximate surface area is 181 Å². The average molecular weight is 422 g/mol. The van der Waals surface area contributed by atoms with Crippen molar-refractivity contribution in [1.82, 2.24) is 24.8 Å². The van der Waals surface area contributed by atoms with Crippen molar-refractivity contribution in [1.29, 1.82) is 5.26 Å². The zero-order valence-corrected chi connectivity index (χ0v) is 17.6. The monoisotopic (exact) mass is 421 g/mol. The highest BCUT2D eigenvalue weighted by molar-refractivity contribution is 5.92. The van der Waals surface area contributed by atoms with E-state index >= 15 is 0 Å². The van der Waals surface area contributed by atoms with E-state index in [0.717, 1.165) is 18.6 Å². The van der Waals surface area contributed by atoms with E-state index in [9.17, 15) is 4.79 Å². The molecular weight excluding hydrogens is 394 g/mol. The van der Waals surface area contributed by atoms with Crippen LogP contribution in [0.25, 0.3) is 5.82 Å². The van der Waals surface area contributed by atoms with Crippen LogP contribution in [0.4, 0.5) is 5.95 Å². The highest BCUT2D eigenvalue weighted by Crippen LogP contribution is 2.16. The molecule has 0 saturated carbocycles. The quantitative estimate of drug-likeness (QED) is 0.447. The van der Waals surface area contributed by atoms with Crippen molar-refractivity contribution in [3.63, 3.8) is 0 Å². The van der Waals surface area contributed by atoms with Gasteiger partial charge in [0.15, 0.2) is 0 Å². The van der Waals surface area contributed by atoms with Crippen LogP contribution in [0.15, 0.2) is 43.5 Å². The molecule has 1 amide bonds. The fourth-order valence-electron chi connectivity index (χ4n) is 3.18. The number of hydrogen-bond donors (Lipinski definition) is 2. The minimum absolute atomic E-state index is 0.187. The molecule has 1 saturated heterocycles. The second kappa shape index (κ2) is 11.0. The Morgan fingerprint density at radius 3 is 3.13 bits per heavy atom.